The van der Waals surface area contributed by atoms with Crippen molar-refractivity contribution in [3.8, 4) is 0 Å². The molecule has 0 aromatic carbocycles. The van der Waals surface area contributed by atoms with E-state index >= 15 is 0 Å². The second kappa shape index (κ2) is 5.64. The zero-order valence-corrected chi connectivity index (χ0v) is 10.2. The van der Waals surface area contributed by atoms with Gasteiger partial charge in [-0.15, -0.1) is 0 Å². The van der Waals surface area contributed by atoms with Crippen molar-refractivity contribution in [2.24, 2.45) is 0 Å². The minimum Gasteiger partial charge on any atom is -0.317 e. The summed E-state index contributed by atoms with van der Waals surface area (Å²) in [4.78, 5) is 2.53. The van der Waals surface area contributed by atoms with Gasteiger partial charge < -0.3 is 10.2 Å². The molecule has 0 spiro atoms. The summed E-state index contributed by atoms with van der Waals surface area (Å²) < 4.78 is 0. The average molecular weight is 224 g/mol. The molecule has 1 aliphatic rings. The Morgan fingerprint density at radius 2 is 2.27 bits per heavy atom. The van der Waals surface area contributed by atoms with Crippen LogP contribution in [-0.2, 0) is 6.42 Å². The second-order valence-electron chi connectivity index (χ2n) is 4.34. The van der Waals surface area contributed by atoms with Crippen molar-refractivity contribution in [1.82, 2.24) is 10.2 Å². The molecular weight excluding hydrogens is 204 g/mol. The summed E-state index contributed by atoms with van der Waals surface area (Å²) in [5.41, 5.74) is 1.49. The van der Waals surface area contributed by atoms with Crippen molar-refractivity contribution < 1.29 is 0 Å². The van der Waals surface area contributed by atoms with Gasteiger partial charge in [0.05, 0.1) is 0 Å². The SMILES string of the molecule is CN(CCc1ccsc1)C1CCNCC1. The number of likely N-dealkylation sites (N-methyl/N-ethyl adjacent to an activating group) is 1. The lowest BCUT2D eigenvalue weighted by atomic mass is 10.0. The summed E-state index contributed by atoms with van der Waals surface area (Å²) in [7, 11) is 2.27. The van der Waals surface area contributed by atoms with Crippen LogP contribution in [0.3, 0.4) is 0 Å². The van der Waals surface area contributed by atoms with E-state index in [4.69, 9.17) is 0 Å². The molecular formula is C12H20N2S. The van der Waals surface area contributed by atoms with Crippen LogP contribution in [0.5, 0.6) is 0 Å². The molecule has 1 aliphatic heterocycles. The van der Waals surface area contributed by atoms with Crippen LogP contribution in [0.15, 0.2) is 16.8 Å². The number of nitrogens with one attached hydrogen (secondary N) is 1. The van der Waals surface area contributed by atoms with E-state index in [-0.39, 0.29) is 0 Å². The van der Waals surface area contributed by atoms with Gasteiger partial charge in [-0.3, -0.25) is 0 Å². The summed E-state index contributed by atoms with van der Waals surface area (Å²) in [6.45, 7) is 3.57. The average Bonchev–Trinajstić information content (AvgIpc) is 2.80. The van der Waals surface area contributed by atoms with E-state index in [0.717, 1.165) is 6.04 Å². The summed E-state index contributed by atoms with van der Waals surface area (Å²) in [6, 6.07) is 3.03. The van der Waals surface area contributed by atoms with Crippen molar-refractivity contribution in [1.29, 1.82) is 0 Å². The van der Waals surface area contributed by atoms with E-state index in [1.165, 1.54) is 44.5 Å². The molecule has 0 aliphatic carbocycles. The maximum atomic E-state index is 3.41. The quantitative estimate of drug-likeness (QED) is 0.841. The van der Waals surface area contributed by atoms with Crippen molar-refractivity contribution >= 4 is 11.3 Å². The maximum absolute atomic E-state index is 3.41. The summed E-state index contributed by atoms with van der Waals surface area (Å²) in [6.07, 6.45) is 3.81. The zero-order chi connectivity index (χ0) is 10.5. The lowest BCUT2D eigenvalue weighted by molar-refractivity contribution is 0.201. The largest absolute Gasteiger partial charge is 0.317 e. The van der Waals surface area contributed by atoms with Gasteiger partial charge in [0.25, 0.3) is 0 Å². The molecule has 0 unspecified atom stereocenters. The van der Waals surface area contributed by atoms with Gasteiger partial charge >= 0.3 is 0 Å². The summed E-state index contributed by atoms with van der Waals surface area (Å²) >= 11 is 1.80. The predicted molar refractivity (Wildman–Crippen MR) is 66.5 cm³/mol. The lowest BCUT2D eigenvalue weighted by Gasteiger charge is -2.31. The molecule has 1 N–H and O–H groups in total. The first kappa shape index (κ1) is 11.1. The fourth-order valence-corrected chi connectivity index (χ4v) is 2.87. The van der Waals surface area contributed by atoms with Gasteiger partial charge in [0.2, 0.25) is 0 Å². The van der Waals surface area contributed by atoms with Crippen LogP contribution in [0.2, 0.25) is 0 Å². The molecule has 1 saturated heterocycles. The predicted octanol–water partition coefficient (Wildman–Crippen LogP) is 1.97. The molecule has 2 rings (SSSR count). The number of nitrogens with zero attached hydrogens (tertiary/aromatic N) is 1. The van der Waals surface area contributed by atoms with Gasteiger partial charge in [0, 0.05) is 12.6 Å². The smallest absolute Gasteiger partial charge is 0.0116 e. The number of hydrogen-bond donors (Lipinski definition) is 1. The minimum atomic E-state index is 0.796. The molecule has 0 atom stereocenters. The first-order valence-corrected chi connectivity index (χ1v) is 6.72. The monoisotopic (exact) mass is 224 g/mol. The van der Waals surface area contributed by atoms with Crippen LogP contribution in [0.1, 0.15) is 18.4 Å². The van der Waals surface area contributed by atoms with Gasteiger partial charge in [0.1, 0.15) is 0 Å². The summed E-state index contributed by atoms with van der Waals surface area (Å²) in [5.74, 6) is 0. The number of piperidine rings is 1. The highest BCUT2D eigenvalue weighted by molar-refractivity contribution is 7.07. The topological polar surface area (TPSA) is 15.3 Å². The third kappa shape index (κ3) is 3.30. The van der Waals surface area contributed by atoms with Gasteiger partial charge in [0.15, 0.2) is 0 Å². The zero-order valence-electron chi connectivity index (χ0n) is 9.41. The van der Waals surface area contributed by atoms with Crippen LogP contribution >= 0.6 is 11.3 Å². The third-order valence-corrected chi connectivity index (χ3v) is 4.00. The van der Waals surface area contributed by atoms with Crippen LogP contribution in [0.25, 0.3) is 0 Å². The maximum Gasteiger partial charge on any atom is 0.0116 e. The fraction of sp³-hybridized carbons (Fsp3) is 0.667. The fourth-order valence-electron chi connectivity index (χ4n) is 2.17. The minimum absolute atomic E-state index is 0.796. The third-order valence-electron chi connectivity index (χ3n) is 3.27. The van der Waals surface area contributed by atoms with Crippen molar-refractivity contribution in [2.75, 3.05) is 26.7 Å². The van der Waals surface area contributed by atoms with Gasteiger partial charge in [-0.1, -0.05) is 0 Å². The Bertz CT molecular complexity index is 265. The van der Waals surface area contributed by atoms with Crippen molar-refractivity contribution in [3.63, 3.8) is 0 Å². The summed E-state index contributed by atoms with van der Waals surface area (Å²) in [5, 5.41) is 7.84. The first-order chi connectivity index (χ1) is 7.36. The van der Waals surface area contributed by atoms with Crippen molar-refractivity contribution in [3.05, 3.63) is 22.4 Å². The second-order valence-corrected chi connectivity index (χ2v) is 5.12. The highest BCUT2D eigenvalue weighted by Gasteiger charge is 2.16. The Balaban J connectivity index is 1.74. The Labute approximate surface area is 96.3 Å². The number of hydrogen-bond acceptors (Lipinski definition) is 3. The van der Waals surface area contributed by atoms with E-state index in [1.54, 1.807) is 11.3 Å². The number of rotatable bonds is 4. The molecule has 2 nitrogen and oxygen atoms in total. The Morgan fingerprint density at radius 1 is 1.47 bits per heavy atom. The molecule has 1 aromatic rings. The van der Waals surface area contributed by atoms with Gasteiger partial charge in [-0.25, -0.2) is 0 Å². The molecule has 0 amide bonds. The van der Waals surface area contributed by atoms with Gasteiger partial charge in [-0.05, 0) is 61.8 Å². The van der Waals surface area contributed by atoms with Crippen LogP contribution in [0.4, 0.5) is 0 Å². The first-order valence-electron chi connectivity index (χ1n) is 5.78. The molecule has 0 radical (unpaired) electrons. The van der Waals surface area contributed by atoms with Gasteiger partial charge in [-0.2, -0.15) is 11.3 Å². The number of thiophene rings is 1. The van der Waals surface area contributed by atoms with E-state index < -0.39 is 0 Å². The molecule has 1 fully saturated rings. The standard InChI is InChI=1S/C12H20N2S/c1-14(12-2-6-13-7-3-12)8-4-11-5-9-15-10-11/h5,9-10,12-13H,2-4,6-8H2,1H3. The highest BCUT2D eigenvalue weighted by Crippen LogP contribution is 2.12. The highest BCUT2D eigenvalue weighted by atomic mass is 32.1. The molecule has 0 bridgehead atoms. The molecule has 3 heteroatoms. The molecule has 1 aromatic heterocycles. The van der Waals surface area contributed by atoms with Crippen LogP contribution < -0.4 is 5.32 Å². The van der Waals surface area contributed by atoms with Crippen molar-refractivity contribution in [2.45, 2.75) is 25.3 Å². The normalized spacial score (nSPS) is 18.5. The van der Waals surface area contributed by atoms with E-state index in [2.05, 4.69) is 34.1 Å². The molecule has 84 valence electrons. The lowest BCUT2D eigenvalue weighted by Crippen LogP contribution is -2.41. The Kier molecular flexibility index (Phi) is 4.18. The molecule has 2 heterocycles. The van der Waals surface area contributed by atoms with Crippen LogP contribution in [-0.4, -0.2) is 37.6 Å². The van der Waals surface area contributed by atoms with E-state index in [9.17, 15) is 0 Å². The molecule has 15 heavy (non-hydrogen) atoms. The molecule has 0 saturated carbocycles. The van der Waals surface area contributed by atoms with Crippen LogP contribution in [0, 0.1) is 0 Å². The van der Waals surface area contributed by atoms with E-state index in [0.29, 0.717) is 0 Å². The Morgan fingerprint density at radius 3 is 2.93 bits per heavy atom. The van der Waals surface area contributed by atoms with E-state index in [1.807, 2.05) is 0 Å². The Hall–Kier alpha value is -0.380.